The van der Waals surface area contributed by atoms with Crippen LogP contribution in [0.3, 0.4) is 0 Å². The van der Waals surface area contributed by atoms with Crippen molar-refractivity contribution in [2.24, 2.45) is 4.99 Å². The molecule has 3 aromatic rings. The van der Waals surface area contributed by atoms with Crippen LogP contribution < -0.4 is 0 Å². The van der Waals surface area contributed by atoms with Crippen molar-refractivity contribution in [1.29, 1.82) is 0 Å². The Kier molecular flexibility index (Phi) is 4.03. The summed E-state index contributed by atoms with van der Waals surface area (Å²) in [5.41, 5.74) is 6.62. The van der Waals surface area contributed by atoms with Crippen molar-refractivity contribution < 1.29 is 0 Å². The molecule has 1 nitrogen and oxygen atoms in total. The molecule has 1 aliphatic rings. The molecule has 3 aromatic carbocycles. The van der Waals surface area contributed by atoms with Gasteiger partial charge in [0.25, 0.3) is 0 Å². The van der Waals surface area contributed by atoms with E-state index < -0.39 is 0 Å². The number of benzene rings is 3. The summed E-state index contributed by atoms with van der Waals surface area (Å²) < 4.78 is 0. The average Bonchev–Trinajstić information content (AvgIpc) is 2.94. The Morgan fingerprint density at radius 1 is 0.846 bits per heavy atom. The van der Waals surface area contributed by atoms with Crippen LogP contribution in [0.1, 0.15) is 55.9 Å². The van der Waals surface area contributed by atoms with Crippen LogP contribution in [0, 0.1) is 0 Å². The van der Waals surface area contributed by atoms with Gasteiger partial charge in [0.05, 0.1) is 5.54 Å². The lowest BCUT2D eigenvalue weighted by Gasteiger charge is -2.20. The summed E-state index contributed by atoms with van der Waals surface area (Å²) in [6.45, 7) is 8.67. The molecule has 1 aliphatic carbocycles. The smallest absolute Gasteiger partial charge is 0.0524 e. The van der Waals surface area contributed by atoms with E-state index in [1.165, 1.54) is 38.6 Å². The molecule has 0 spiro atoms. The third kappa shape index (κ3) is 2.99. The highest BCUT2D eigenvalue weighted by Gasteiger charge is 2.26. The minimum Gasteiger partial charge on any atom is -0.287 e. The molecular formula is C25H25N. The van der Waals surface area contributed by atoms with E-state index in [0.717, 1.165) is 0 Å². The Balaban J connectivity index is 1.96. The topological polar surface area (TPSA) is 12.4 Å². The molecule has 0 aromatic heterocycles. The largest absolute Gasteiger partial charge is 0.287 e. The molecular weight excluding hydrogens is 314 g/mol. The third-order valence-corrected chi connectivity index (χ3v) is 5.04. The first-order valence-electron chi connectivity index (χ1n) is 9.28. The van der Waals surface area contributed by atoms with Gasteiger partial charge in [-0.1, -0.05) is 72.3 Å². The van der Waals surface area contributed by atoms with Gasteiger partial charge in [-0.15, -0.1) is 0 Å². The maximum Gasteiger partial charge on any atom is 0.0524 e. The van der Waals surface area contributed by atoms with Gasteiger partial charge in [0, 0.05) is 17.7 Å². The van der Waals surface area contributed by atoms with E-state index in [0.29, 0.717) is 5.92 Å². The van der Waals surface area contributed by atoms with Crippen LogP contribution in [0.2, 0.25) is 0 Å². The third-order valence-electron chi connectivity index (χ3n) is 5.04. The fraction of sp³-hybridized carbons (Fsp3) is 0.240. The fourth-order valence-electron chi connectivity index (χ4n) is 3.86. The number of fused-ring (bicyclic) bond motifs is 2. The number of allylic oxidation sites excluding steroid dienone is 1. The average molecular weight is 339 g/mol. The lowest BCUT2D eigenvalue weighted by Crippen LogP contribution is -2.11. The molecule has 1 unspecified atom stereocenters. The van der Waals surface area contributed by atoms with E-state index in [2.05, 4.69) is 101 Å². The van der Waals surface area contributed by atoms with Crippen LogP contribution in [-0.2, 0) is 0 Å². The molecule has 0 N–H and O–H groups in total. The van der Waals surface area contributed by atoms with Crippen LogP contribution in [0.15, 0.2) is 71.2 Å². The van der Waals surface area contributed by atoms with Crippen molar-refractivity contribution in [3.63, 3.8) is 0 Å². The quantitative estimate of drug-likeness (QED) is 0.466. The summed E-state index contributed by atoms with van der Waals surface area (Å²) in [7, 11) is 0. The second-order valence-corrected chi connectivity index (χ2v) is 8.17. The molecule has 0 saturated heterocycles. The maximum atomic E-state index is 4.85. The Morgan fingerprint density at radius 2 is 1.58 bits per heavy atom. The number of aliphatic imine (C=N–C) groups is 1. The predicted octanol–water partition coefficient (Wildman–Crippen LogP) is 6.61. The Hall–Kier alpha value is -2.67. The summed E-state index contributed by atoms with van der Waals surface area (Å²) >= 11 is 0. The van der Waals surface area contributed by atoms with Crippen molar-refractivity contribution in [2.45, 2.75) is 39.2 Å². The van der Waals surface area contributed by atoms with Crippen molar-refractivity contribution in [3.8, 4) is 0 Å². The molecule has 0 heterocycles. The summed E-state index contributed by atoms with van der Waals surface area (Å²) in [5, 5.41) is 2.54. The molecule has 0 saturated carbocycles. The van der Waals surface area contributed by atoms with Crippen molar-refractivity contribution in [2.75, 3.05) is 0 Å². The first-order chi connectivity index (χ1) is 12.4. The number of hydrogen-bond donors (Lipinski definition) is 0. The second kappa shape index (κ2) is 6.25. The minimum atomic E-state index is -0.0906. The molecule has 1 atom stereocenters. The second-order valence-electron chi connectivity index (χ2n) is 8.17. The van der Waals surface area contributed by atoms with Gasteiger partial charge in [-0.25, -0.2) is 0 Å². The summed E-state index contributed by atoms with van der Waals surface area (Å²) in [6.07, 6.45) is 4.41. The molecule has 0 radical (unpaired) electrons. The van der Waals surface area contributed by atoms with Gasteiger partial charge < -0.3 is 0 Å². The molecule has 0 aliphatic heterocycles. The van der Waals surface area contributed by atoms with E-state index in [9.17, 15) is 0 Å². The molecule has 130 valence electrons. The molecule has 26 heavy (non-hydrogen) atoms. The first kappa shape index (κ1) is 16.8. The fourth-order valence-corrected chi connectivity index (χ4v) is 3.86. The van der Waals surface area contributed by atoms with Gasteiger partial charge in [0.15, 0.2) is 0 Å². The molecule has 0 fully saturated rings. The zero-order valence-corrected chi connectivity index (χ0v) is 16.0. The standard InChI is InChI=1S/C25H25N/c1-17-15-19-10-6-8-12-21(19)24(17)22-14-13-18-9-5-7-11-20(18)23(22)16-26-25(2,3)4/h5-16,24H,1-4H3/b26-16+. The Bertz CT molecular complexity index is 1030. The molecule has 4 rings (SSSR count). The van der Waals surface area contributed by atoms with Crippen LogP contribution in [0.4, 0.5) is 0 Å². The zero-order chi connectivity index (χ0) is 18.3. The monoisotopic (exact) mass is 339 g/mol. The number of rotatable bonds is 2. The number of nitrogens with zero attached hydrogens (tertiary/aromatic N) is 1. The van der Waals surface area contributed by atoms with Gasteiger partial charge in [-0.3, -0.25) is 4.99 Å². The number of hydrogen-bond acceptors (Lipinski definition) is 1. The molecule has 0 bridgehead atoms. The van der Waals surface area contributed by atoms with E-state index in [4.69, 9.17) is 4.99 Å². The first-order valence-corrected chi connectivity index (χ1v) is 9.28. The Morgan fingerprint density at radius 3 is 2.38 bits per heavy atom. The van der Waals surface area contributed by atoms with Crippen molar-refractivity contribution in [3.05, 3.63) is 88.5 Å². The highest BCUT2D eigenvalue weighted by molar-refractivity contribution is 6.02. The highest BCUT2D eigenvalue weighted by Crippen LogP contribution is 2.42. The lowest BCUT2D eigenvalue weighted by atomic mass is 9.84. The van der Waals surface area contributed by atoms with Gasteiger partial charge >= 0.3 is 0 Å². The summed E-state index contributed by atoms with van der Waals surface area (Å²) in [6, 6.07) is 21.9. The predicted molar refractivity (Wildman–Crippen MR) is 113 cm³/mol. The van der Waals surface area contributed by atoms with Crippen molar-refractivity contribution in [1.82, 2.24) is 0 Å². The van der Waals surface area contributed by atoms with Crippen LogP contribution >= 0.6 is 0 Å². The highest BCUT2D eigenvalue weighted by atomic mass is 14.8. The zero-order valence-electron chi connectivity index (χ0n) is 16.0. The normalized spacial score (nSPS) is 16.9. The van der Waals surface area contributed by atoms with Gasteiger partial charge in [0.1, 0.15) is 0 Å². The van der Waals surface area contributed by atoms with E-state index in [1.807, 2.05) is 0 Å². The van der Waals surface area contributed by atoms with Gasteiger partial charge in [-0.05, 0) is 55.2 Å². The van der Waals surface area contributed by atoms with E-state index >= 15 is 0 Å². The van der Waals surface area contributed by atoms with Crippen LogP contribution in [0.5, 0.6) is 0 Å². The minimum absolute atomic E-state index is 0.0906. The van der Waals surface area contributed by atoms with Gasteiger partial charge in [-0.2, -0.15) is 0 Å². The SMILES string of the molecule is CC1=Cc2ccccc2C1c1ccc2ccccc2c1/C=N/C(C)(C)C. The lowest BCUT2D eigenvalue weighted by molar-refractivity contribution is 0.586. The summed E-state index contributed by atoms with van der Waals surface area (Å²) in [4.78, 5) is 4.85. The van der Waals surface area contributed by atoms with Crippen molar-refractivity contribution >= 4 is 23.1 Å². The molecule has 0 amide bonds. The van der Waals surface area contributed by atoms with Crippen LogP contribution in [0.25, 0.3) is 16.8 Å². The molecule has 1 heteroatoms. The van der Waals surface area contributed by atoms with Gasteiger partial charge in [0.2, 0.25) is 0 Å². The maximum absolute atomic E-state index is 4.85. The van der Waals surface area contributed by atoms with E-state index in [1.54, 1.807) is 0 Å². The van der Waals surface area contributed by atoms with Crippen LogP contribution in [-0.4, -0.2) is 11.8 Å². The Labute approximate surface area is 156 Å². The summed E-state index contributed by atoms with van der Waals surface area (Å²) in [5.74, 6) is 0.303. The van der Waals surface area contributed by atoms with E-state index in [-0.39, 0.29) is 5.54 Å².